The van der Waals surface area contributed by atoms with Crippen LogP contribution in [0.3, 0.4) is 0 Å². The van der Waals surface area contributed by atoms with Crippen LogP contribution in [-0.4, -0.2) is 24.0 Å². The molecule has 0 spiro atoms. The average Bonchev–Trinajstić information content (AvgIpc) is 2.83. The molecule has 1 aromatic heterocycles. The summed E-state index contributed by atoms with van der Waals surface area (Å²) in [6.45, 7) is 5.45. The molecule has 1 fully saturated rings. The molecule has 0 aromatic carbocycles. The number of rotatable bonds is 3. The summed E-state index contributed by atoms with van der Waals surface area (Å²) in [4.78, 5) is 16.4. The number of aryl methyl sites for hydroxylation is 1. The maximum absolute atomic E-state index is 12.5. The van der Waals surface area contributed by atoms with Gasteiger partial charge in [0.25, 0.3) is 0 Å². The molecule has 1 aliphatic heterocycles. The molecular weight excluding hydrogens is 285 g/mol. The lowest BCUT2D eigenvalue weighted by Crippen LogP contribution is -2.37. The largest absolute Gasteiger partial charge is 0.323 e. The Morgan fingerprint density at radius 1 is 1.58 bits per heavy atom. The molecule has 1 atom stereocenters. The molecule has 104 valence electrons. The number of nitrogens with zero attached hydrogens (tertiary/aromatic N) is 1. The topological polar surface area (TPSA) is 54.0 Å². The van der Waals surface area contributed by atoms with Crippen molar-refractivity contribution in [2.24, 2.45) is 5.41 Å². The maximum Gasteiger partial charge on any atom is 0.232 e. The minimum absolute atomic E-state index is 0.00544. The Bertz CT molecular complexity index is 476. The van der Waals surface area contributed by atoms with Crippen LogP contribution in [0.5, 0.6) is 0 Å². The van der Waals surface area contributed by atoms with Crippen molar-refractivity contribution in [3.05, 3.63) is 21.9 Å². The van der Waals surface area contributed by atoms with Crippen molar-refractivity contribution >= 4 is 34.8 Å². The van der Waals surface area contributed by atoms with Crippen LogP contribution < -0.4 is 10.6 Å². The number of hydrogen-bond donors (Lipinski definition) is 2. The van der Waals surface area contributed by atoms with Crippen LogP contribution in [0.2, 0.25) is 10.3 Å². The Hall–Kier alpha value is -0.840. The van der Waals surface area contributed by atoms with Gasteiger partial charge in [-0.3, -0.25) is 4.79 Å². The summed E-state index contributed by atoms with van der Waals surface area (Å²) < 4.78 is 0. The molecule has 2 heterocycles. The van der Waals surface area contributed by atoms with E-state index in [1.807, 2.05) is 13.8 Å². The maximum atomic E-state index is 12.5. The summed E-state index contributed by atoms with van der Waals surface area (Å²) in [6, 6.07) is 1.69. The van der Waals surface area contributed by atoms with Gasteiger partial charge < -0.3 is 10.6 Å². The van der Waals surface area contributed by atoms with Crippen molar-refractivity contribution in [1.82, 2.24) is 10.3 Å². The molecule has 2 rings (SSSR count). The van der Waals surface area contributed by atoms with Gasteiger partial charge >= 0.3 is 0 Å². The molecule has 4 nitrogen and oxygen atoms in total. The van der Waals surface area contributed by atoms with Crippen molar-refractivity contribution in [3.63, 3.8) is 0 Å². The monoisotopic (exact) mass is 301 g/mol. The molecule has 2 N–H and O–H groups in total. The van der Waals surface area contributed by atoms with Gasteiger partial charge in [-0.1, -0.05) is 30.1 Å². The fraction of sp³-hybridized carbons (Fsp3) is 0.538. The van der Waals surface area contributed by atoms with E-state index in [1.165, 1.54) is 0 Å². The number of amides is 1. The minimum Gasteiger partial charge on any atom is -0.323 e. The van der Waals surface area contributed by atoms with Crippen LogP contribution in [0.4, 0.5) is 5.69 Å². The van der Waals surface area contributed by atoms with Gasteiger partial charge in [-0.25, -0.2) is 4.98 Å². The number of carbonyl (C=O) groups is 1. The summed E-state index contributed by atoms with van der Waals surface area (Å²) >= 11 is 11.9. The van der Waals surface area contributed by atoms with E-state index in [1.54, 1.807) is 6.07 Å². The van der Waals surface area contributed by atoms with Gasteiger partial charge in [0.05, 0.1) is 11.1 Å². The summed E-state index contributed by atoms with van der Waals surface area (Å²) in [5.41, 5.74) is 1.02. The van der Waals surface area contributed by atoms with Crippen LogP contribution >= 0.6 is 23.2 Å². The molecule has 0 radical (unpaired) electrons. The van der Waals surface area contributed by atoms with Crippen molar-refractivity contribution in [3.8, 4) is 0 Å². The molecule has 6 heteroatoms. The molecule has 0 aliphatic carbocycles. The van der Waals surface area contributed by atoms with Crippen LogP contribution in [-0.2, 0) is 4.79 Å². The normalized spacial score (nSPS) is 22.5. The number of aromatic nitrogens is 1. The highest BCUT2D eigenvalue weighted by molar-refractivity contribution is 6.34. The Morgan fingerprint density at radius 2 is 2.32 bits per heavy atom. The van der Waals surface area contributed by atoms with E-state index in [-0.39, 0.29) is 16.5 Å². The highest BCUT2D eigenvalue weighted by atomic mass is 35.5. The third-order valence-corrected chi connectivity index (χ3v) is 4.25. The van der Waals surface area contributed by atoms with Crippen molar-refractivity contribution < 1.29 is 4.79 Å². The van der Waals surface area contributed by atoms with Crippen LogP contribution in [0.1, 0.15) is 25.3 Å². The molecule has 1 aliphatic rings. The first-order valence-corrected chi connectivity index (χ1v) is 7.09. The lowest BCUT2D eigenvalue weighted by atomic mass is 9.83. The Morgan fingerprint density at radius 3 is 2.84 bits per heavy atom. The van der Waals surface area contributed by atoms with Gasteiger partial charge in [0.2, 0.25) is 5.91 Å². The predicted molar refractivity (Wildman–Crippen MR) is 77.8 cm³/mol. The van der Waals surface area contributed by atoms with E-state index < -0.39 is 0 Å². The van der Waals surface area contributed by atoms with Crippen molar-refractivity contribution in [1.29, 1.82) is 0 Å². The van der Waals surface area contributed by atoms with Gasteiger partial charge in [0.1, 0.15) is 5.15 Å². The second-order valence-corrected chi connectivity index (χ2v) is 5.69. The quantitative estimate of drug-likeness (QED) is 0.844. The van der Waals surface area contributed by atoms with E-state index in [0.29, 0.717) is 17.4 Å². The SMILES string of the molecule is CCC1(C(=O)Nc2c(C)cc(Cl)nc2Cl)CCNC1. The first-order chi connectivity index (χ1) is 8.98. The van der Waals surface area contributed by atoms with Crippen LogP contribution in [0, 0.1) is 12.3 Å². The fourth-order valence-electron chi connectivity index (χ4n) is 2.39. The summed E-state index contributed by atoms with van der Waals surface area (Å²) in [5.74, 6) is -0.00544. The van der Waals surface area contributed by atoms with E-state index in [9.17, 15) is 4.79 Å². The zero-order valence-electron chi connectivity index (χ0n) is 11.0. The summed E-state index contributed by atoms with van der Waals surface area (Å²) in [7, 11) is 0. The zero-order valence-corrected chi connectivity index (χ0v) is 12.5. The molecule has 19 heavy (non-hydrogen) atoms. The fourth-order valence-corrected chi connectivity index (χ4v) is 2.97. The molecule has 0 bridgehead atoms. The first-order valence-electron chi connectivity index (χ1n) is 6.33. The summed E-state index contributed by atoms with van der Waals surface area (Å²) in [6.07, 6.45) is 1.64. The predicted octanol–water partition coefficient (Wildman–Crippen LogP) is 3.03. The third kappa shape index (κ3) is 2.86. The van der Waals surface area contributed by atoms with Gasteiger partial charge in [-0.05, 0) is 37.9 Å². The number of carbonyl (C=O) groups excluding carboxylic acids is 1. The number of pyridine rings is 1. The number of hydrogen-bond acceptors (Lipinski definition) is 3. The van der Waals surface area contributed by atoms with Gasteiger partial charge in [-0.15, -0.1) is 0 Å². The molecule has 1 unspecified atom stereocenters. The van der Waals surface area contributed by atoms with Crippen LogP contribution in [0.15, 0.2) is 6.07 Å². The second-order valence-electron chi connectivity index (χ2n) is 4.94. The van der Waals surface area contributed by atoms with E-state index >= 15 is 0 Å². The molecule has 1 saturated heterocycles. The number of halogens is 2. The molecule has 0 saturated carbocycles. The standard InChI is InChI=1S/C13H17Cl2N3O/c1-3-13(4-5-16-7-13)12(19)18-10-8(2)6-9(14)17-11(10)15/h6,16H,3-5,7H2,1-2H3,(H,18,19). The van der Waals surface area contributed by atoms with Gasteiger partial charge in [0, 0.05) is 6.54 Å². The first kappa shape index (κ1) is 14.6. The smallest absolute Gasteiger partial charge is 0.232 e. The Balaban J connectivity index is 2.24. The lowest BCUT2D eigenvalue weighted by molar-refractivity contribution is -0.124. The number of anilines is 1. The highest BCUT2D eigenvalue weighted by Gasteiger charge is 2.39. The number of nitrogens with one attached hydrogen (secondary N) is 2. The Kier molecular flexibility index (Phi) is 4.33. The zero-order chi connectivity index (χ0) is 14.0. The molecule has 1 amide bonds. The van der Waals surface area contributed by atoms with Crippen molar-refractivity contribution in [2.75, 3.05) is 18.4 Å². The summed E-state index contributed by atoms with van der Waals surface area (Å²) in [5, 5.41) is 6.71. The van der Waals surface area contributed by atoms with Gasteiger partial charge in [-0.2, -0.15) is 0 Å². The van der Waals surface area contributed by atoms with Gasteiger partial charge in [0.15, 0.2) is 5.15 Å². The van der Waals surface area contributed by atoms with E-state index in [0.717, 1.165) is 24.9 Å². The average molecular weight is 302 g/mol. The van der Waals surface area contributed by atoms with E-state index in [4.69, 9.17) is 23.2 Å². The second kappa shape index (κ2) is 5.65. The highest BCUT2D eigenvalue weighted by Crippen LogP contribution is 2.33. The third-order valence-electron chi connectivity index (χ3n) is 3.78. The lowest BCUT2D eigenvalue weighted by Gasteiger charge is -2.25. The minimum atomic E-state index is -0.352. The van der Waals surface area contributed by atoms with E-state index in [2.05, 4.69) is 15.6 Å². The van der Waals surface area contributed by atoms with Crippen molar-refractivity contribution in [2.45, 2.75) is 26.7 Å². The molecule has 1 aromatic rings. The molecular formula is C13H17Cl2N3O. The van der Waals surface area contributed by atoms with Crippen LogP contribution in [0.25, 0.3) is 0 Å². The Labute approximate surface area is 122 Å².